The van der Waals surface area contributed by atoms with E-state index in [9.17, 15) is 19.7 Å². The molecule has 0 spiro atoms. The standard InChI is InChI=1S/C17H14ClN3O4/c18-11-5-7-13(8-6-11)20-10-12(9-16(20)22)19-17(23)14-3-1-2-4-15(14)21(24)25/h1-8,12H,9-10H2,(H,19,23)/t12-/m0/s1. The molecule has 2 aromatic rings. The van der Waals surface area contributed by atoms with Crippen LogP contribution >= 0.6 is 11.6 Å². The van der Waals surface area contributed by atoms with Gasteiger partial charge in [-0.3, -0.25) is 19.7 Å². The second kappa shape index (κ2) is 6.90. The van der Waals surface area contributed by atoms with Crippen LogP contribution in [0.3, 0.4) is 0 Å². The van der Waals surface area contributed by atoms with Crippen LogP contribution in [-0.2, 0) is 4.79 Å². The summed E-state index contributed by atoms with van der Waals surface area (Å²) in [5.41, 5.74) is 0.403. The smallest absolute Gasteiger partial charge is 0.282 e. The number of halogens is 1. The topological polar surface area (TPSA) is 92.6 Å². The number of carbonyl (C=O) groups excluding carboxylic acids is 2. The highest BCUT2D eigenvalue weighted by molar-refractivity contribution is 6.30. The number of nitro groups is 1. The first-order valence-electron chi connectivity index (χ1n) is 7.56. The summed E-state index contributed by atoms with van der Waals surface area (Å²) < 4.78 is 0. The minimum absolute atomic E-state index is 0.0232. The zero-order valence-electron chi connectivity index (χ0n) is 13.0. The SMILES string of the molecule is O=C(N[C@H]1CC(=O)N(c2ccc(Cl)cc2)C1)c1ccccc1[N+](=O)[O-]. The van der Waals surface area contributed by atoms with Crippen molar-refractivity contribution < 1.29 is 14.5 Å². The molecule has 0 saturated carbocycles. The molecule has 0 bridgehead atoms. The summed E-state index contributed by atoms with van der Waals surface area (Å²) in [4.78, 5) is 36.5. The Hall–Kier alpha value is -2.93. The molecule has 1 heterocycles. The second-order valence-electron chi connectivity index (χ2n) is 5.63. The van der Waals surface area contributed by atoms with E-state index in [0.29, 0.717) is 17.3 Å². The van der Waals surface area contributed by atoms with Gasteiger partial charge in [0, 0.05) is 29.7 Å². The summed E-state index contributed by atoms with van der Waals surface area (Å²) >= 11 is 5.84. The minimum Gasteiger partial charge on any atom is -0.347 e. The van der Waals surface area contributed by atoms with E-state index >= 15 is 0 Å². The maximum Gasteiger partial charge on any atom is 0.282 e. The van der Waals surface area contributed by atoms with Gasteiger partial charge in [0.25, 0.3) is 11.6 Å². The van der Waals surface area contributed by atoms with E-state index in [4.69, 9.17) is 11.6 Å². The Morgan fingerprint density at radius 1 is 1.20 bits per heavy atom. The third-order valence-electron chi connectivity index (χ3n) is 3.94. The van der Waals surface area contributed by atoms with E-state index < -0.39 is 16.9 Å². The van der Waals surface area contributed by atoms with Crippen molar-refractivity contribution in [1.82, 2.24) is 5.32 Å². The van der Waals surface area contributed by atoms with Crippen LogP contribution in [-0.4, -0.2) is 29.3 Å². The van der Waals surface area contributed by atoms with Crippen molar-refractivity contribution in [2.45, 2.75) is 12.5 Å². The maximum atomic E-state index is 12.4. The van der Waals surface area contributed by atoms with Crippen LogP contribution in [0.4, 0.5) is 11.4 Å². The molecule has 0 aromatic heterocycles. The molecule has 1 aliphatic rings. The highest BCUT2D eigenvalue weighted by Gasteiger charge is 2.32. The van der Waals surface area contributed by atoms with Crippen molar-refractivity contribution in [1.29, 1.82) is 0 Å². The fourth-order valence-corrected chi connectivity index (χ4v) is 2.89. The molecule has 0 unspecified atom stereocenters. The Labute approximate surface area is 148 Å². The lowest BCUT2D eigenvalue weighted by Gasteiger charge is -2.17. The highest BCUT2D eigenvalue weighted by atomic mass is 35.5. The van der Waals surface area contributed by atoms with Crippen molar-refractivity contribution in [3.05, 3.63) is 69.2 Å². The molecule has 1 fully saturated rings. The zero-order chi connectivity index (χ0) is 18.0. The number of nitrogens with one attached hydrogen (secondary N) is 1. The summed E-state index contributed by atoms with van der Waals surface area (Å²) in [6.07, 6.45) is 0.134. The molecule has 7 nitrogen and oxygen atoms in total. The van der Waals surface area contributed by atoms with Crippen LogP contribution in [0.1, 0.15) is 16.8 Å². The number of nitro benzene ring substituents is 1. The monoisotopic (exact) mass is 359 g/mol. The van der Waals surface area contributed by atoms with Gasteiger partial charge in [0.15, 0.2) is 0 Å². The predicted molar refractivity (Wildman–Crippen MR) is 92.8 cm³/mol. The molecule has 1 N–H and O–H groups in total. The first-order chi connectivity index (χ1) is 12.0. The Balaban J connectivity index is 1.72. The van der Waals surface area contributed by atoms with Crippen molar-refractivity contribution in [3.63, 3.8) is 0 Å². The van der Waals surface area contributed by atoms with E-state index in [1.54, 1.807) is 35.2 Å². The van der Waals surface area contributed by atoms with E-state index in [1.807, 2.05) is 0 Å². The van der Waals surface area contributed by atoms with Crippen molar-refractivity contribution >= 4 is 34.8 Å². The van der Waals surface area contributed by atoms with E-state index in [-0.39, 0.29) is 23.6 Å². The van der Waals surface area contributed by atoms with E-state index in [1.165, 1.54) is 18.2 Å². The molecule has 2 aromatic carbocycles. The molecular formula is C17H14ClN3O4. The predicted octanol–water partition coefficient (Wildman–Crippen LogP) is 2.78. The first-order valence-corrected chi connectivity index (χ1v) is 7.93. The fourth-order valence-electron chi connectivity index (χ4n) is 2.76. The number of nitrogens with zero attached hydrogens (tertiary/aromatic N) is 2. The molecule has 128 valence electrons. The van der Waals surface area contributed by atoms with Crippen molar-refractivity contribution in [2.75, 3.05) is 11.4 Å². The van der Waals surface area contributed by atoms with E-state index in [2.05, 4.69) is 5.32 Å². The summed E-state index contributed by atoms with van der Waals surface area (Å²) in [5.74, 6) is -0.696. The lowest BCUT2D eigenvalue weighted by molar-refractivity contribution is -0.385. The fraction of sp³-hybridized carbons (Fsp3) is 0.176. The lowest BCUT2D eigenvalue weighted by Crippen LogP contribution is -2.37. The third-order valence-corrected chi connectivity index (χ3v) is 4.20. The van der Waals surface area contributed by atoms with E-state index in [0.717, 1.165) is 0 Å². The van der Waals surface area contributed by atoms with Crippen LogP contribution in [0.15, 0.2) is 48.5 Å². The normalized spacial score (nSPS) is 16.8. The van der Waals surface area contributed by atoms with Crippen molar-refractivity contribution in [2.24, 2.45) is 0 Å². The van der Waals surface area contributed by atoms with Gasteiger partial charge in [-0.05, 0) is 30.3 Å². The Bertz CT molecular complexity index is 838. The number of hydrogen-bond donors (Lipinski definition) is 1. The minimum atomic E-state index is -0.602. The molecular weight excluding hydrogens is 346 g/mol. The molecule has 2 amide bonds. The van der Waals surface area contributed by atoms with Gasteiger partial charge in [0.05, 0.1) is 11.0 Å². The van der Waals surface area contributed by atoms with Crippen LogP contribution in [0.25, 0.3) is 0 Å². The first kappa shape index (κ1) is 16.9. The molecule has 0 radical (unpaired) electrons. The Morgan fingerprint density at radius 3 is 2.56 bits per heavy atom. The highest BCUT2D eigenvalue weighted by Crippen LogP contribution is 2.24. The summed E-state index contributed by atoms with van der Waals surface area (Å²) in [5, 5.41) is 14.3. The van der Waals surface area contributed by atoms with Crippen LogP contribution in [0, 0.1) is 10.1 Å². The molecule has 3 rings (SSSR count). The lowest BCUT2D eigenvalue weighted by atomic mass is 10.1. The average Bonchev–Trinajstić information content (AvgIpc) is 2.95. The van der Waals surface area contributed by atoms with Gasteiger partial charge in [0.1, 0.15) is 5.56 Å². The van der Waals surface area contributed by atoms with Gasteiger partial charge in [-0.1, -0.05) is 23.7 Å². The average molecular weight is 360 g/mol. The van der Waals surface area contributed by atoms with Crippen molar-refractivity contribution in [3.8, 4) is 0 Å². The van der Waals surface area contributed by atoms with Gasteiger partial charge in [-0.15, -0.1) is 0 Å². The van der Waals surface area contributed by atoms with Gasteiger partial charge >= 0.3 is 0 Å². The Kier molecular flexibility index (Phi) is 4.67. The van der Waals surface area contributed by atoms with Crippen LogP contribution < -0.4 is 10.2 Å². The van der Waals surface area contributed by atoms with Gasteiger partial charge < -0.3 is 10.2 Å². The number of carbonyl (C=O) groups is 2. The molecule has 25 heavy (non-hydrogen) atoms. The molecule has 8 heteroatoms. The van der Waals surface area contributed by atoms with Gasteiger partial charge in [-0.2, -0.15) is 0 Å². The van der Waals surface area contributed by atoms with Crippen LogP contribution in [0.2, 0.25) is 5.02 Å². The third kappa shape index (κ3) is 3.61. The Morgan fingerprint density at radius 2 is 1.88 bits per heavy atom. The number of para-hydroxylation sites is 1. The number of amides is 2. The number of hydrogen-bond acceptors (Lipinski definition) is 4. The summed E-state index contributed by atoms with van der Waals surface area (Å²) in [6.45, 7) is 0.298. The zero-order valence-corrected chi connectivity index (χ0v) is 13.8. The number of anilines is 1. The largest absolute Gasteiger partial charge is 0.347 e. The second-order valence-corrected chi connectivity index (χ2v) is 6.07. The number of benzene rings is 2. The quantitative estimate of drug-likeness (QED) is 0.671. The molecule has 1 aliphatic heterocycles. The van der Waals surface area contributed by atoms with Crippen LogP contribution in [0.5, 0.6) is 0 Å². The molecule has 1 saturated heterocycles. The molecule has 0 aliphatic carbocycles. The maximum absolute atomic E-state index is 12.4. The summed E-state index contributed by atoms with van der Waals surface area (Å²) in [6, 6.07) is 12.1. The van der Waals surface area contributed by atoms with Gasteiger partial charge in [0.2, 0.25) is 5.91 Å². The number of rotatable bonds is 4. The summed E-state index contributed by atoms with van der Waals surface area (Å²) in [7, 11) is 0. The van der Waals surface area contributed by atoms with Gasteiger partial charge in [-0.25, -0.2) is 0 Å². The molecule has 1 atom stereocenters.